The molecule has 0 bridgehead atoms. The molecule has 1 aromatic heterocycles. The highest BCUT2D eigenvalue weighted by atomic mass is 35.5. The molecule has 1 aromatic carbocycles. The van der Waals surface area contributed by atoms with E-state index < -0.39 is 0 Å². The predicted octanol–water partition coefficient (Wildman–Crippen LogP) is 3.24. The van der Waals surface area contributed by atoms with Gasteiger partial charge >= 0.3 is 0 Å². The van der Waals surface area contributed by atoms with E-state index in [2.05, 4.69) is 20.6 Å². The highest BCUT2D eigenvalue weighted by Crippen LogP contribution is 2.25. The van der Waals surface area contributed by atoms with E-state index in [1.165, 1.54) is 0 Å². The Kier molecular flexibility index (Phi) is 5.15. The Hall–Kier alpha value is -1.85. The van der Waals surface area contributed by atoms with E-state index in [0.717, 1.165) is 17.1 Å². The van der Waals surface area contributed by atoms with E-state index in [9.17, 15) is 0 Å². The van der Waals surface area contributed by atoms with Gasteiger partial charge in [-0.25, -0.2) is 4.98 Å². The molecule has 6 heteroatoms. The summed E-state index contributed by atoms with van der Waals surface area (Å²) >= 11 is 6.09. The Bertz CT molecular complexity index is 577. The SMILES string of the molecule is COCCNc1ccnc(Nc2cccc(Cl)c2C)n1. The number of halogens is 1. The van der Waals surface area contributed by atoms with Crippen LogP contribution in [-0.2, 0) is 4.74 Å². The summed E-state index contributed by atoms with van der Waals surface area (Å²) in [6.07, 6.45) is 1.70. The monoisotopic (exact) mass is 292 g/mol. The second kappa shape index (κ2) is 7.07. The van der Waals surface area contributed by atoms with Crippen LogP contribution in [0.15, 0.2) is 30.5 Å². The zero-order valence-electron chi connectivity index (χ0n) is 11.5. The van der Waals surface area contributed by atoms with Gasteiger partial charge in [0.1, 0.15) is 5.82 Å². The maximum absolute atomic E-state index is 6.09. The van der Waals surface area contributed by atoms with Crippen molar-refractivity contribution < 1.29 is 4.74 Å². The van der Waals surface area contributed by atoms with Gasteiger partial charge in [-0.05, 0) is 30.7 Å². The van der Waals surface area contributed by atoms with Gasteiger partial charge < -0.3 is 15.4 Å². The Morgan fingerprint density at radius 2 is 2.15 bits per heavy atom. The molecule has 0 saturated heterocycles. The zero-order valence-corrected chi connectivity index (χ0v) is 12.2. The minimum atomic E-state index is 0.526. The number of methoxy groups -OCH3 is 1. The molecule has 20 heavy (non-hydrogen) atoms. The lowest BCUT2D eigenvalue weighted by molar-refractivity contribution is 0.210. The molecule has 0 unspecified atom stereocenters. The molecular formula is C14H17ClN4O. The molecule has 0 aliphatic heterocycles. The van der Waals surface area contributed by atoms with Crippen LogP contribution in [0.5, 0.6) is 0 Å². The van der Waals surface area contributed by atoms with E-state index in [1.807, 2.05) is 31.2 Å². The summed E-state index contributed by atoms with van der Waals surface area (Å²) in [5, 5.41) is 7.03. The van der Waals surface area contributed by atoms with Crippen LogP contribution >= 0.6 is 11.6 Å². The van der Waals surface area contributed by atoms with Crippen LogP contribution in [0.1, 0.15) is 5.56 Å². The lowest BCUT2D eigenvalue weighted by atomic mass is 10.2. The van der Waals surface area contributed by atoms with Gasteiger partial charge in [-0.3, -0.25) is 0 Å². The standard InChI is InChI=1S/C14H17ClN4O/c1-10-11(15)4-3-5-12(10)18-14-17-7-6-13(19-14)16-8-9-20-2/h3-7H,8-9H2,1-2H3,(H2,16,17,18,19). The van der Waals surface area contributed by atoms with Gasteiger partial charge in [-0.1, -0.05) is 17.7 Å². The summed E-state index contributed by atoms with van der Waals surface area (Å²) in [6.45, 7) is 3.27. The van der Waals surface area contributed by atoms with Crippen molar-refractivity contribution in [3.8, 4) is 0 Å². The number of ether oxygens (including phenoxy) is 1. The van der Waals surface area contributed by atoms with Crippen LogP contribution in [0.2, 0.25) is 5.02 Å². The zero-order chi connectivity index (χ0) is 14.4. The first-order valence-corrected chi connectivity index (χ1v) is 6.66. The third kappa shape index (κ3) is 3.82. The normalized spacial score (nSPS) is 10.3. The molecule has 0 atom stereocenters. The fraction of sp³-hybridized carbons (Fsp3) is 0.286. The molecule has 0 aliphatic rings. The Labute approximate surface area is 123 Å². The fourth-order valence-corrected chi connectivity index (χ4v) is 1.84. The van der Waals surface area contributed by atoms with Crippen molar-refractivity contribution in [3.63, 3.8) is 0 Å². The first-order chi connectivity index (χ1) is 9.70. The average molecular weight is 293 g/mol. The van der Waals surface area contributed by atoms with Crippen molar-refractivity contribution in [3.05, 3.63) is 41.0 Å². The molecule has 0 radical (unpaired) electrons. The van der Waals surface area contributed by atoms with Crippen molar-refractivity contribution in [1.82, 2.24) is 9.97 Å². The van der Waals surface area contributed by atoms with E-state index in [0.29, 0.717) is 24.1 Å². The number of nitrogens with one attached hydrogen (secondary N) is 2. The number of nitrogens with zero attached hydrogens (tertiary/aromatic N) is 2. The van der Waals surface area contributed by atoms with Crippen molar-refractivity contribution in [2.45, 2.75) is 6.92 Å². The maximum atomic E-state index is 6.09. The van der Waals surface area contributed by atoms with Crippen LogP contribution in [-0.4, -0.2) is 30.2 Å². The predicted molar refractivity (Wildman–Crippen MR) is 81.9 cm³/mol. The smallest absolute Gasteiger partial charge is 0.229 e. The highest BCUT2D eigenvalue weighted by molar-refractivity contribution is 6.31. The number of hydrogen-bond donors (Lipinski definition) is 2. The quantitative estimate of drug-likeness (QED) is 0.801. The van der Waals surface area contributed by atoms with Gasteiger partial charge in [-0.2, -0.15) is 4.98 Å². The van der Waals surface area contributed by atoms with Gasteiger partial charge in [0.2, 0.25) is 5.95 Å². The molecule has 5 nitrogen and oxygen atoms in total. The molecule has 106 valence electrons. The van der Waals surface area contributed by atoms with E-state index in [-0.39, 0.29) is 0 Å². The van der Waals surface area contributed by atoms with Crippen LogP contribution in [0.4, 0.5) is 17.5 Å². The molecule has 0 amide bonds. The number of hydrogen-bond acceptors (Lipinski definition) is 5. The van der Waals surface area contributed by atoms with Crippen LogP contribution in [0.25, 0.3) is 0 Å². The largest absolute Gasteiger partial charge is 0.383 e. The molecule has 0 aliphatic carbocycles. The minimum Gasteiger partial charge on any atom is -0.383 e. The molecular weight excluding hydrogens is 276 g/mol. The number of aromatic nitrogens is 2. The summed E-state index contributed by atoms with van der Waals surface area (Å²) in [5.74, 6) is 1.28. The molecule has 1 heterocycles. The molecule has 0 spiro atoms. The molecule has 2 aromatic rings. The number of rotatable bonds is 6. The van der Waals surface area contributed by atoms with Gasteiger partial charge in [-0.15, -0.1) is 0 Å². The van der Waals surface area contributed by atoms with Gasteiger partial charge in [0.05, 0.1) is 6.61 Å². The molecule has 2 rings (SSSR count). The Morgan fingerprint density at radius 3 is 2.95 bits per heavy atom. The summed E-state index contributed by atoms with van der Waals surface area (Å²) < 4.78 is 4.98. The van der Waals surface area contributed by atoms with Crippen molar-refractivity contribution in [2.24, 2.45) is 0 Å². The number of anilines is 3. The molecule has 2 N–H and O–H groups in total. The van der Waals surface area contributed by atoms with E-state index in [1.54, 1.807) is 13.3 Å². The third-order valence-corrected chi connectivity index (χ3v) is 3.19. The van der Waals surface area contributed by atoms with Gasteiger partial charge in [0.15, 0.2) is 0 Å². The van der Waals surface area contributed by atoms with Crippen LogP contribution in [0, 0.1) is 6.92 Å². The number of benzene rings is 1. The van der Waals surface area contributed by atoms with Crippen molar-refractivity contribution >= 4 is 29.1 Å². The summed E-state index contributed by atoms with van der Waals surface area (Å²) in [7, 11) is 1.66. The first kappa shape index (κ1) is 14.6. The van der Waals surface area contributed by atoms with Gasteiger partial charge in [0, 0.05) is 30.6 Å². The lowest BCUT2D eigenvalue weighted by Crippen LogP contribution is -2.09. The van der Waals surface area contributed by atoms with Crippen molar-refractivity contribution in [2.75, 3.05) is 30.9 Å². The summed E-state index contributed by atoms with van der Waals surface area (Å²) in [4.78, 5) is 8.58. The van der Waals surface area contributed by atoms with Crippen molar-refractivity contribution in [1.29, 1.82) is 0 Å². The lowest BCUT2D eigenvalue weighted by Gasteiger charge is -2.10. The van der Waals surface area contributed by atoms with Crippen LogP contribution in [0.3, 0.4) is 0 Å². The molecule has 0 saturated carbocycles. The maximum Gasteiger partial charge on any atom is 0.229 e. The van der Waals surface area contributed by atoms with E-state index in [4.69, 9.17) is 16.3 Å². The highest BCUT2D eigenvalue weighted by Gasteiger charge is 2.04. The minimum absolute atomic E-state index is 0.526. The first-order valence-electron chi connectivity index (χ1n) is 6.28. The Balaban J connectivity index is 2.09. The summed E-state index contributed by atoms with van der Waals surface area (Å²) in [5.41, 5.74) is 1.86. The topological polar surface area (TPSA) is 59.1 Å². The summed E-state index contributed by atoms with van der Waals surface area (Å²) in [6, 6.07) is 7.49. The van der Waals surface area contributed by atoms with E-state index >= 15 is 0 Å². The average Bonchev–Trinajstić information content (AvgIpc) is 2.45. The second-order valence-electron chi connectivity index (χ2n) is 4.22. The van der Waals surface area contributed by atoms with Crippen LogP contribution < -0.4 is 10.6 Å². The van der Waals surface area contributed by atoms with Gasteiger partial charge in [0.25, 0.3) is 0 Å². The molecule has 0 fully saturated rings. The third-order valence-electron chi connectivity index (χ3n) is 2.78. The fourth-order valence-electron chi connectivity index (χ4n) is 1.66. The Morgan fingerprint density at radius 1 is 1.30 bits per heavy atom. The second-order valence-corrected chi connectivity index (χ2v) is 4.63.